The summed E-state index contributed by atoms with van der Waals surface area (Å²) in [5.74, 6) is -0.883. The Hall–Kier alpha value is -4.44. The summed E-state index contributed by atoms with van der Waals surface area (Å²) in [6.45, 7) is 10.3. The Bertz CT molecular complexity index is 1140. The third-order valence-electron chi connectivity index (χ3n) is 4.94. The van der Waals surface area contributed by atoms with E-state index < -0.39 is 11.9 Å². The van der Waals surface area contributed by atoms with E-state index in [1.807, 2.05) is 48.5 Å². The van der Waals surface area contributed by atoms with Crippen LogP contribution >= 0.6 is 0 Å². The van der Waals surface area contributed by atoms with Crippen LogP contribution in [-0.4, -0.2) is 11.9 Å². The number of carbonyl (C=O) groups excluding carboxylic acids is 2. The summed E-state index contributed by atoms with van der Waals surface area (Å²) in [4.78, 5) is 22.8. The van der Waals surface area contributed by atoms with Crippen molar-refractivity contribution in [3.63, 3.8) is 0 Å². The van der Waals surface area contributed by atoms with Gasteiger partial charge in [-0.25, -0.2) is 9.59 Å². The van der Waals surface area contributed by atoms with E-state index in [1.165, 1.54) is 12.5 Å². The van der Waals surface area contributed by atoms with Crippen LogP contribution < -0.4 is 0 Å². The van der Waals surface area contributed by atoms with Crippen LogP contribution in [0, 0.1) is 0 Å². The molecule has 0 aliphatic heterocycles. The molecule has 3 aromatic carbocycles. The van der Waals surface area contributed by atoms with Crippen LogP contribution in [0.1, 0.15) is 25.0 Å². The summed E-state index contributed by atoms with van der Waals surface area (Å²) in [5, 5.41) is 0. The molecule has 4 heteroatoms. The summed E-state index contributed by atoms with van der Waals surface area (Å²) in [6.07, 6.45) is 6.21. The van der Waals surface area contributed by atoms with Crippen molar-refractivity contribution in [2.45, 2.75) is 13.8 Å². The van der Waals surface area contributed by atoms with Crippen LogP contribution in [0.4, 0.5) is 0 Å². The number of carbonyl (C=O) groups is 2. The molecule has 0 aromatic heterocycles. The third-order valence-corrected chi connectivity index (χ3v) is 4.94. The average molecular weight is 451 g/mol. The largest absolute Gasteiger partial charge is 0.431 e. The van der Waals surface area contributed by atoms with Crippen LogP contribution in [0.25, 0.3) is 34.4 Å². The van der Waals surface area contributed by atoms with E-state index in [2.05, 4.69) is 37.4 Å². The van der Waals surface area contributed by atoms with Gasteiger partial charge in [0.05, 0.1) is 12.5 Å². The molecule has 0 spiro atoms. The van der Waals surface area contributed by atoms with Crippen molar-refractivity contribution < 1.29 is 19.1 Å². The lowest BCUT2D eigenvalue weighted by Crippen LogP contribution is -1.98. The van der Waals surface area contributed by atoms with Crippen molar-refractivity contribution in [3.8, 4) is 22.3 Å². The van der Waals surface area contributed by atoms with Crippen molar-refractivity contribution in [2.24, 2.45) is 0 Å². The lowest BCUT2D eigenvalue weighted by Gasteiger charge is -2.06. The van der Waals surface area contributed by atoms with Crippen molar-refractivity contribution >= 4 is 24.1 Å². The standard InChI is InChI=1S/C30H26O4/c1-21(2)29(31)33-19-17-23-5-9-25(10-6-23)27-13-15-28(16-14-27)26-11-7-24(8-12-26)18-20-34-30(32)22(3)4/h5-20H,1,3H2,2,4H3. The quantitative estimate of drug-likeness (QED) is 0.207. The molecule has 0 saturated carbocycles. The molecule has 4 nitrogen and oxygen atoms in total. The van der Waals surface area contributed by atoms with Crippen LogP contribution in [-0.2, 0) is 19.1 Å². The Balaban J connectivity index is 1.62. The van der Waals surface area contributed by atoms with E-state index in [1.54, 1.807) is 26.0 Å². The van der Waals surface area contributed by atoms with Gasteiger partial charge in [-0.05, 0) is 59.4 Å². The van der Waals surface area contributed by atoms with Gasteiger partial charge in [0.25, 0.3) is 0 Å². The highest BCUT2D eigenvalue weighted by atomic mass is 16.5. The minimum absolute atomic E-state index is 0.359. The highest BCUT2D eigenvalue weighted by Crippen LogP contribution is 2.26. The van der Waals surface area contributed by atoms with E-state index in [4.69, 9.17) is 9.47 Å². The zero-order chi connectivity index (χ0) is 24.5. The second-order valence-electron chi connectivity index (χ2n) is 7.80. The van der Waals surface area contributed by atoms with Gasteiger partial charge < -0.3 is 9.47 Å². The fraction of sp³-hybridized carbons (Fsp3) is 0.0667. The maximum Gasteiger partial charge on any atom is 0.337 e. The molecule has 0 radical (unpaired) electrons. The second kappa shape index (κ2) is 11.4. The SMILES string of the molecule is C=C(C)C(=O)OC=Cc1ccc(-c2ccc(-c3ccc(C=COC(=O)C(=C)C)cc3)cc2)cc1. The lowest BCUT2D eigenvalue weighted by atomic mass is 9.99. The van der Waals surface area contributed by atoms with E-state index in [0.717, 1.165) is 33.4 Å². The van der Waals surface area contributed by atoms with Gasteiger partial charge in [-0.3, -0.25) is 0 Å². The third kappa shape index (κ3) is 6.78. The Morgan fingerprint density at radius 3 is 1.09 bits per heavy atom. The molecular formula is C30H26O4. The number of hydrogen-bond donors (Lipinski definition) is 0. The number of hydrogen-bond acceptors (Lipinski definition) is 4. The molecule has 0 saturated heterocycles. The molecule has 3 rings (SSSR count). The van der Waals surface area contributed by atoms with Gasteiger partial charge in [0.2, 0.25) is 0 Å². The molecule has 0 aliphatic carbocycles. The minimum atomic E-state index is -0.442. The maximum absolute atomic E-state index is 11.4. The molecule has 0 N–H and O–H groups in total. The molecule has 0 amide bonds. The fourth-order valence-corrected chi connectivity index (χ4v) is 2.98. The number of ether oxygens (including phenoxy) is 2. The van der Waals surface area contributed by atoms with Crippen molar-refractivity contribution in [3.05, 3.63) is 121 Å². The van der Waals surface area contributed by atoms with Crippen LogP contribution in [0.3, 0.4) is 0 Å². The second-order valence-corrected chi connectivity index (χ2v) is 7.80. The van der Waals surface area contributed by atoms with E-state index in [9.17, 15) is 9.59 Å². The number of esters is 2. The number of rotatable bonds is 8. The predicted octanol–water partition coefficient (Wildman–Crippen LogP) is 7.20. The zero-order valence-corrected chi connectivity index (χ0v) is 19.3. The van der Waals surface area contributed by atoms with Gasteiger partial charge >= 0.3 is 11.9 Å². The van der Waals surface area contributed by atoms with Crippen molar-refractivity contribution in [1.82, 2.24) is 0 Å². The molecule has 0 fully saturated rings. The molecule has 170 valence electrons. The summed E-state index contributed by atoms with van der Waals surface area (Å²) < 4.78 is 9.95. The van der Waals surface area contributed by atoms with Crippen LogP contribution in [0.5, 0.6) is 0 Å². The molecule has 0 bridgehead atoms. The molecule has 0 atom stereocenters. The van der Waals surface area contributed by atoms with E-state index >= 15 is 0 Å². The van der Waals surface area contributed by atoms with Crippen LogP contribution in [0.2, 0.25) is 0 Å². The van der Waals surface area contributed by atoms with Crippen molar-refractivity contribution in [2.75, 3.05) is 0 Å². The van der Waals surface area contributed by atoms with Gasteiger partial charge in [0, 0.05) is 11.1 Å². The van der Waals surface area contributed by atoms with Crippen molar-refractivity contribution in [1.29, 1.82) is 0 Å². The Morgan fingerprint density at radius 1 is 0.559 bits per heavy atom. The topological polar surface area (TPSA) is 52.6 Å². The molecule has 3 aromatic rings. The zero-order valence-electron chi connectivity index (χ0n) is 19.3. The number of benzene rings is 3. The average Bonchev–Trinajstić information content (AvgIpc) is 2.85. The molecule has 0 aliphatic rings. The molecule has 34 heavy (non-hydrogen) atoms. The summed E-state index contributed by atoms with van der Waals surface area (Å²) in [5.41, 5.74) is 6.96. The lowest BCUT2D eigenvalue weighted by molar-refractivity contribution is -0.134. The molecule has 0 unspecified atom stereocenters. The molecule has 0 heterocycles. The van der Waals surface area contributed by atoms with Gasteiger partial charge in [-0.15, -0.1) is 0 Å². The Labute approximate surface area is 200 Å². The monoisotopic (exact) mass is 450 g/mol. The summed E-state index contributed by atoms with van der Waals surface area (Å²) in [7, 11) is 0. The first-order chi connectivity index (χ1) is 16.3. The maximum atomic E-state index is 11.4. The first-order valence-electron chi connectivity index (χ1n) is 10.7. The highest BCUT2D eigenvalue weighted by Gasteiger charge is 2.03. The fourth-order valence-electron chi connectivity index (χ4n) is 2.98. The van der Waals surface area contributed by atoms with Gasteiger partial charge in [0.1, 0.15) is 0 Å². The predicted molar refractivity (Wildman–Crippen MR) is 137 cm³/mol. The molecular weight excluding hydrogens is 424 g/mol. The summed E-state index contributed by atoms with van der Waals surface area (Å²) in [6, 6.07) is 24.3. The van der Waals surface area contributed by atoms with E-state index in [0.29, 0.717) is 11.1 Å². The van der Waals surface area contributed by atoms with Gasteiger partial charge in [-0.2, -0.15) is 0 Å². The minimum Gasteiger partial charge on any atom is -0.431 e. The normalized spacial score (nSPS) is 10.9. The highest BCUT2D eigenvalue weighted by molar-refractivity contribution is 5.88. The first-order valence-corrected chi connectivity index (χ1v) is 10.7. The van der Waals surface area contributed by atoms with Gasteiger partial charge in [0.15, 0.2) is 0 Å². The Morgan fingerprint density at radius 2 is 0.824 bits per heavy atom. The Kier molecular flexibility index (Phi) is 8.14. The first kappa shape index (κ1) is 24.2. The van der Waals surface area contributed by atoms with Gasteiger partial charge in [-0.1, -0.05) is 86.0 Å². The van der Waals surface area contributed by atoms with E-state index in [-0.39, 0.29) is 0 Å². The summed E-state index contributed by atoms with van der Waals surface area (Å²) >= 11 is 0. The van der Waals surface area contributed by atoms with Crippen LogP contribution in [0.15, 0.2) is 110 Å². The smallest absolute Gasteiger partial charge is 0.337 e.